The van der Waals surface area contributed by atoms with Crippen molar-refractivity contribution >= 4 is 5.91 Å². The Hall–Kier alpha value is -2.21. The summed E-state index contributed by atoms with van der Waals surface area (Å²) in [5.41, 5.74) is 2.89. The first-order valence-electron chi connectivity index (χ1n) is 9.45. The molecule has 1 N–H and O–H groups in total. The molecule has 1 aliphatic heterocycles. The van der Waals surface area contributed by atoms with Gasteiger partial charge in [-0.05, 0) is 68.0 Å². The van der Waals surface area contributed by atoms with Gasteiger partial charge in [-0.25, -0.2) is 4.39 Å². The Morgan fingerprint density at radius 1 is 1.27 bits per heavy atom. The molecule has 0 radical (unpaired) electrons. The fourth-order valence-electron chi connectivity index (χ4n) is 4.40. The predicted octanol–water partition coefficient (Wildman–Crippen LogP) is 3.10. The SMILES string of the molecule is CNC(=O)c1ccn(C2CCCN(C3CCCc4ccc(F)cc43)C2)n1. The first kappa shape index (κ1) is 17.2. The summed E-state index contributed by atoms with van der Waals surface area (Å²) >= 11 is 0. The number of piperidine rings is 1. The standard InChI is InChI=1S/C20H25FN4O/c1-22-20(26)18-9-11-25(23-18)16-5-3-10-24(13-16)19-6-2-4-14-7-8-15(21)12-17(14)19/h7-9,11-12,16,19H,2-6,10,13H2,1H3,(H,22,26). The monoisotopic (exact) mass is 356 g/mol. The molecule has 6 heteroatoms. The fourth-order valence-corrected chi connectivity index (χ4v) is 4.40. The lowest BCUT2D eigenvalue weighted by Crippen LogP contribution is -2.40. The molecular formula is C20H25FN4O. The molecule has 138 valence electrons. The first-order valence-corrected chi connectivity index (χ1v) is 9.45. The number of carbonyl (C=O) groups excluding carboxylic acids is 1. The first-order chi connectivity index (χ1) is 12.7. The van der Waals surface area contributed by atoms with Gasteiger partial charge in [0.15, 0.2) is 0 Å². The maximum absolute atomic E-state index is 13.8. The number of aromatic nitrogens is 2. The molecule has 5 nitrogen and oxygen atoms in total. The van der Waals surface area contributed by atoms with Crippen molar-refractivity contribution in [3.63, 3.8) is 0 Å². The molecule has 2 heterocycles. The zero-order valence-corrected chi connectivity index (χ0v) is 15.1. The van der Waals surface area contributed by atoms with Gasteiger partial charge in [0.1, 0.15) is 11.5 Å². The number of carbonyl (C=O) groups is 1. The van der Waals surface area contributed by atoms with Gasteiger partial charge in [0.2, 0.25) is 0 Å². The van der Waals surface area contributed by atoms with Gasteiger partial charge < -0.3 is 5.32 Å². The summed E-state index contributed by atoms with van der Waals surface area (Å²) in [5, 5.41) is 7.07. The summed E-state index contributed by atoms with van der Waals surface area (Å²) in [5.74, 6) is -0.306. The predicted molar refractivity (Wildman–Crippen MR) is 97.5 cm³/mol. The Morgan fingerprint density at radius 2 is 2.15 bits per heavy atom. The Kier molecular flexibility index (Phi) is 4.76. The normalized spacial score (nSPS) is 23.5. The van der Waals surface area contributed by atoms with Gasteiger partial charge in [-0.1, -0.05) is 6.07 Å². The average molecular weight is 356 g/mol. The van der Waals surface area contributed by atoms with Crippen LogP contribution in [0.1, 0.15) is 59.4 Å². The number of aryl methyl sites for hydroxylation is 1. The van der Waals surface area contributed by atoms with E-state index in [-0.39, 0.29) is 23.8 Å². The van der Waals surface area contributed by atoms with Crippen molar-refractivity contribution in [3.05, 3.63) is 53.1 Å². The van der Waals surface area contributed by atoms with E-state index in [1.165, 1.54) is 5.56 Å². The van der Waals surface area contributed by atoms with Gasteiger partial charge in [-0.2, -0.15) is 5.10 Å². The molecule has 26 heavy (non-hydrogen) atoms. The minimum Gasteiger partial charge on any atom is -0.354 e. The van der Waals surface area contributed by atoms with Crippen molar-refractivity contribution < 1.29 is 9.18 Å². The van der Waals surface area contributed by atoms with E-state index in [4.69, 9.17) is 0 Å². The van der Waals surface area contributed by atoms with Crippen molar-refractivity contribution in [3.8, 4) is 0 Å². The van der Waals surface area contributed by atoms with Crippen LogP contribution in [0.5, 0.6) is 0 Å². The van der Waals surface area contributed by atoms with Gasteiger partial charge in [0, 0.05) is 25.8 Å². The van der Waals surface area contributed by atoms with Crippen molar-refractivity contribution in [2.75, 3.05) is 20.1 Å². The second-order valence-electron chi connectivity index (χ2n) is 7.30. The van der Waals surface area contributed by atoms with Crippen molar-refractivity contribution in [1.82, 2.24) is 20.0 Å². The highest BCUT2D eigenvalue weighted by Gasteiger charge is 2.31. The zero-order chi connectivity index (χ0) is 18.1. The van der Waals surface area contributed by atoms with Crippen LogP contribution in [0.25, 0.3) is 0 Å². The molecule has 0 spiro atoms. The lowest BCUT2D eigenvalue weighted by molar-refractivity contribution is 0.0951. The van der Waals surface area contributed by atoms with Crippen LogP contribution in [0.4, 0.5) is 4.39 Å². The van der Waals surface area contributed by atoms with Crippen LogP contribution in [0.2, 0.25) is 0 Å². The third-order valence-corrected chi connectivity index (χ3v) is 5.70. The third-order valence-electron chi connectivity index (χ3n) is 5.70. The molecule has 1 aromatic carbocycles. The number of nitrogens with one attached hydrogen (secondary N) is 1. The van der Waals surface area contributed by atoms with E-state index in [1.807, 2.05) is 16.9 Å². The van der Waals surface area contributed by atoms with E-state index in [2.05, 4.69) is 15.3 Å². The second-order valence-corrected chi connectivity index (χ2v) is 7.30. The largest absolute Gasteiger partial charge is 0.354 e. The lowest BCUT2D eigenvalue weighted by Gasteiger charge is -2.41. The number of amides is 1. The van der Waals surface area contributed by atoms with Crippen LogP contribution < -0.4 is 5.32 Å². The van der Waals surface area contributed by atoms with Crippen LogP contribution in [0, 0.1) is 5.82 Å². The molecule has 2 atom stereocenters. The Bertz CT molecular complexity index is 803. The van der Waals surface area contributed by atoms with Gasteiger partial charge in [-0.3, -0.25) is 14.4 Å². The average Bonchev–Trinajstić information content (AvgIpc) is 3.17. The fraction of sp³-hybridized carbons (Fsp3) is 0.500. The van der Waals surface area contributed by atoms with Crippen LogP contribution in [0.3, 0.4) is 0 Å². The zero-order valence-electron chi connectivity index (χ0n) is 15.1. The number of nitrogens with zero attached hydrogens (tertiary/aromatic N) is 3. The van der Waals surface area contributed by atoms with Gasteiger partial charge >= 0.3 is 0 Å². The van der Waals surface area contributed by atoms with Gasteiger partial charge in [-0.15, -0.1) is 0 Å². The van der Waals surface area contributed by atoms with Crippen LogP contribution in [-0.2, 0) is 6.42 Å². The maximum atomic E-state index is 13.8. The van der Waals surface area contributed by atoms with E-state index in [0.29, 0.717) is 5.69 Å². The van der Waals surface area contributed by atoms with E-state index >= 15 is 0 Å². The smallest absolute Gasteiger partial charge is 0.271 e. The van der Waals surface area contributed by atoms with E-state index in [0.717, 1.165) is 50.8 Å². The molecule has 1 amide bonds. The number of likely N-dealkylation sites (tertiary alicyclic amines) is 1. The minimum absolute atomic E-state index is 0.147. The summed E-state index contributed by atoms with van der Waals surface area (Å²) in [6.07, 6.45) is 7.29. The van der Waals surface area contributed by atoms with E-state index < -0.39 is 0 Å². The maximum Gasteiger partial charge on any atom is 0.271 e. The molecule has 0 bridgehead atoms. The second kappa shape index (κ2) is 7.19. The third kappa shape index (κ3) is 3.26. The van der Waals surface area contributed by atoms with Crippen molar-refractivity contribution in [2.24, 2.45) is 0 Å². The van der Waals surface area contributed by atoms with Crippen LogP contribution in [0.15, 0.2) is 30.5 Å². The molecule has 2 aliphatic rings. The number of hydrogen-bond acceptors (Lipinski definition) is 3. The number of benzene rings is 1. The molecule has 1 aromatic heterocycles. The molecule has 4 rings (SSSR count). The van der Waals surface area contributed by atoms with Crippen molar-refractivity contribution in [1.29, 1.82) is 0 Å². The lowest BCUT2D eigenvalue weighted by atomic mass is 9.85. The number of rotatable bonds is 3. The molecule has 1 saturated heterocycles. The molecule has 2 aromatic rings. The molecule has 2 unspecified atom stereocenters. The summed E-state index contributed by atoms with van der Waals surface area (Å²) in [4.78, 5) is 14.2. The Labute approximate surface area is 153 Å². The quantitative estimate of drug-likeness (QED) is 0.919. The van der Waals surface area contributed by atoms with Gasteiger partial charge in [0.25, 0.3) is 5.91 Å². The molecule has 1 fully saturated rings. The molecule has 0 saturated carbocycles. The number of halogens is 1. The summed E-state index contributed by atoms with van der Waals surface area (Å²) in [7, 11) is 1.61. The summed E-state index contributed by atoms with van der Waals surface area (Å²) in [6.45, 7) is 1.91. The summed E-state index contributed by atoms with van der Waals surface area (Å²) < 4.78 is 15.7. The molecular weight excluding hydrogens is 331 g/mol. The van der Waals surface area contributed by atoms with Crippen LogP contribution in [-0.4, -0.2) is 40.7 Å². The highest BCUT2D eigenvalue weighted by atomic mass is 19.1. The summed E-state index contributed by atoms with van der Waals surface area (Å²) in [6, 6.07) is 7.54. The van der Waals surface area contributed by atoms with Crippen LogP contribution >= 0.6 is 0 Å². The minimum atomic E-state index is -0.159. The van der Waals surface area contributed by atoms with Crippen molar-refractivity contribution in [2.45, 2.75) is 44.2 Å². The Morgan fingerprint density at radius 3 is 3.00 bits per heavy atom. The number of hydrogen-bond donors (Lipinski definition) is 1. The Balaban J connectivity index is 1.54. The van der Waals surface area contributed by atoms with E-state index in [9.17, 15) is 9.18 Å². The highest BCUT2D eigenvalue weighted by Crippen LogP contribution is 2.37. The number of fused-ring (bicyclic) bond motifs is 1. The van der Waals surface area contributed by atoms with E-state index in [1.54, 1.807) is 25.2 Å². The molecule has 1 aliphatic carbocycles. The topological polar surface area (TPSA) is 50.2 Å². The highest BCUT2D eigenvalue weighted by molar-refractivity contribution is 5.91. The van der Waals surface area contributed by atoms with Gasteiger partial charge in [0.05, 0.1) is 6.04 Å².